The fourth-order valence-electron chi connectivity index (χ4n) is 2.11. The molecule has 1 aliphatic rings. The van der Waals surface area contributed by atoms with Crippen molar-refractivity contribution in [3.63, 3.8) is 0 Å². The minimum atomic E-state index is -1.03. The van der Waals surface area contributed by atoms with Crippen LogP contribution in [0, 0.1) is 0 Å². The van der Waals surface area contributed by atoms with Crippen molar-refractivity contribution in [2.45, 2.75) is 25.5 Å². The first-order chi connectivity index (χ1) is 8.02. The van der Waals surface area contributed by atoms with Crippen LogP contribution < -0.4 is 11.2 Å². The molecule has 0 radical (unpaired) electrons. The molecule has 17 heavy (non-hydrogen) atoms. The predicted molar refractivity (Wildman–Crippen MR) is 62.9 cm³/mol. The summed E-state index contributed by atoms with van der Waals surface area (Å²) in [5.41, 5.74) is 8.00. The molecule has 1 aromatic carbocycles. The Bertz CT molecular complexity index is 451. The number of benzene rings is 1. The number of carboxylic acid groups (broad SMARTS) is 1. The van der Waals surface area contributed by atoms with Gasteiger partial charge in [-0.2, -0.15) is 0 Å². The first-order valence-electron chi connectivity index (χ1n) is 5.42. The molecule has 2 atom stereocenters. The molecule has 1 aromatic rings. The summed E-state index contributed by atoms with van der Waals surface area (Å²) in [4.78, 5) is 10.9. The molecule has 0 unspecified atom stereocenters. The molecule has 1 aliphatic heterocycles. The lowest BCUT2D eigenvalue weighted by molar-refractivity contribution is -0.139. The highest BCUT2D eigenvalue weighted by Gasteiger charge is 2.32. The summed E-state index contributed by atoms with van der Waals surface area (Å²) in [6, 6.07) is 4.42. The van der Waals surface area contributed by atoms with Gasteiger partial charge in [0.1, 0.15) is 6.04 Å². The van der Waals surface area contributed by atoms with E-state index < -0.39 is 19.1 Å². The van der Waals surface area contributed by atoms with Crippen molar-refractivity contribution in [1.29, 1.82) is 0 Å². The normalized spacial score (nSPS) is 17.7. The van der Waals surface area contributed by atoms with Gasteiger partial charge < -0.3 is 20.5 Å². The SMILES string of the molecule is C[C@H](c1cccc2c1COB2O)[C@H](N)C(=O)O. The fraction of sp³-hybridized carbons (Fsp3) is 0.364. The lowest BCUT2D eigenvalue weighted by Gasteiger charge is -2.19. The maximum Gasteiger partial charge on any atom is 0.491 e. The topological polar surface area (TPSA) is 92.8 Å². The third kappa shape index (κ3) is 2.07. The van der Waals surface area contributed by atoms with Gasteiger partial charge in [0.05, 0.1) is 6.61 Å². The van der Waals surface area contributed by atoms with Crippen LogP contribution in [0.15, 0.2) is 18.2 Å². The molecular formula is C11H14BNO4. The third-order valence-corrected chi connectivity index (χ3v) is 3.21. The predicted octanol–water partition coefficient (Wildman–Crippen LogP) is -0.580. The third-order valence-electron chi connectivity index (χ3n) is 3.21. The Morgan fingerprint density at radius 1 is 1.59 bits per heavy atom. The first-order valence-corrected chi connectivity index (χ1v) is 5.42. The number of hydrogen-bond donors (Lipinski definition) is 3. The van der Waals surface area contributed by atoms with Crippen LogP contribution in [0.2, 0.25) is 0 Å². The zero-order chi connectivity index (χ0) is 12.6. The van der Waals surface area contributed by atoms with E-state index in [0.29, 0.717) is 12.1 Å². The molecule has 90 valence electrons. The number of hydrogen-bond acceptors (Lipinski definition) is 4. The fourth-order valence-corrected chi connectivity index (χ4v) is 2.11. The molecule has 4 N–H and O–H groups in total. The summed E-state index contributed by atoms with van der Waals surface area (Å²) >= 11 is 0. The van der Waals surface area contributed by atoms with E-state index in [1.165, 1.54) is 0 Å². The largest absolute Gasteiger partial charge is 0.491 e. The summed E-state index contributed by atoms with van der Waals surface area (Å²) < 4.78 is 5.12. The second kappa shape index (κ2) is 4.48. The molecule has 0 aliphatic carbocycles. The smallest absolute Gasteiger partial charge is 0.480 e. The lowest BCUT2D eigenvalue weighted by Crippen LogP contribution is -2.36. The molecule has 2 rings (SSSR count). The van der Waals surface area contributed by atoms with E-state index in [1.54, 1.807) is 19.1 Å². The summed E-state index contributed by atoms with van der Waals surface area (Å²) in [7, 11) is -0.918. The Labute approximate surface area is 99.3 Å². The quantitative estimate of drug-likeness (QED) is 0.609. The van der Waals surface area contributed by atoms with Gasteiger partial charge >= 0.3 is 13.1 Å². The summed E-state index contributed by atoms with van der Waals surface area (Å²) in [6.07, 6.45) is 0. The molecule has 0 fully saturated rings. The molecule has 0 aromatic heterocycles. The average molecular weight is 235 g/mol. The number of carbonyl (C=O) groups is 1. The highest BCUT2D eigenvalue weighted by atomic mass is 16.5. The zero-order valence-electron chi connectivity index (χ0n) is 9.46. The minimum Gasteiger partial charge on any atom is -0.480 e. The highest BCUT2D eigenvalue weighted by molar-refractivity contribution is 6.61. The van der Waals surface area contributed by atoms with Gasteiger partial charge in [0.15, 0.2) is 0 Å². The van der Waals surface area contributed by atoms with Gasteiger partial charge in [-0.05, 0) is 16.6 Å². The van der Waals surface area contributed by atoms with Crippen LogP contribution in [0.4, 0.5) is 0 Å². The maximum atomic E-state index is 10.9. The van der Waals surface area contributed by atoms with Gasteiger partial charge in [0.25, 0.3) is 0 Å². The van der Waals surface area contributed by atoms with E-state index in [9.17, 15) is 9.82 Å². The van der Waals surface area contributed by atoms with Gasteiger partial charge in [-0.15, -0.1) is 0 Å². The Morgan fingerprint density at radius 3 is 2.94 bits per heavy atom. The van der Waals surface area contributed by atoms with Crippen molar-refractivity contribution in [1.82, 2.24) is 0 Å². The Hall–Kier alpha value is -1.37. The zero-order valence-corrected chi connectivity index (χ0v) is 9.46. The van der Waals surface area contributed by atoms with Crippen molar-refractivity contribution in [2.24, 2.45) is 5.73 Å². The van der Waals surface area contributed by atoms with Crippen molar-refractivity contribution in [2.75, 3.05) is 0 Å². The van der Waals surface area contributed by atoms with Crippen LogP contribution in [0.25, 0.3) is 0 Å². The molecule has 0 saturated heterocycles. The lowest BCUT2D eigenvalue weighted by atomic mass is 9.76. The number of rotatable bonds is 3. The van der Waals surface area contributed by atoms with Crippen LogP contribution in [0.3, 0.4) is 0 Å². The average Bonchev–Trinajstić information content (AvgIpc) is 2.69. The Balaban J connectivity index is 2.37. The van der Waals surface area contributed by atoms with Crippen LogP contribution in [0.5, 0.6) is 0 Å². The number of aliphatic carboxylic acids is 1. The van der Waals surface area contributed by atoms with E-state index in [-0.39, 0.29) is 5.92 Å². The second-order valence-electron chi connectivity index (χ2n) is 4.23. The molecule has 6 heteroatoms. The van der Waals surface area contributed by atoms with Gasteiger partial charge in [0, 0.05) is 5.92 Å². The van der Waals surface area contributed by atoms with E-state index in [1.807, 2.05) is 6.07 Å². The van der Waals surface area contributed by atoms with E-state index in [4.69, 9.17) is 15.5 Å². The van der Waals surface area contributed by atoms with Crippen LogP contribution in [-0.2, 0) is 16.1 Å². The van der Waals surface area contributed by atoms with Crippen molar-refractivity contribution in [3.8, 4) is 0 Å². The standard InChI is InChI=1S/C11H14BNO4/c1-6(10(13)11(14)15)7-3-2-4-9-8(7)5-17-12(9)16/h2-4,6,10,16H,5,13H2,1H3,(H,14,15)/t6-,10+/m1/s1. The minimum absolute atomic E-state index is 0.295. The molecular weight excluding hydrogens is 221 g/mol. The highest BCUT2D eigenvalue weighted by Crippen LogP contribution is 2.24. The van der Waals surface area contributed by atoms with E-state index >= 15 is 0 Å². The van der Waals surface area contributed by atoms with Gasteiger partial charge in [-0.1, -0.05) is 25.1 Å². The van der Waals surface area contributed by atoms with Crippen LogP contribution >= 0.6 is 0 Å². The maximum absolute atomic E-state index is 10.9. The van der Waals surface area contributed by atoms with Gasteiger partial charge in [-0.25, -0.2) is 0 Å². The Kier molecular flexibility index (Phi) is 3.19. The van der Waals surface area contributed by atoms with Crippen molar-refractivity contribution >= 4 is 18.6 Å². The van der Waals surface area contributed by atoms with Crippen molar-refractivity contribution in [3.05, 3.63) is 29.3 Å². The van der Waals surface area contributed by atoms with Gasteiger partial charge in [-0.3, -0.25) is 4.79 Å². The molecule has 0 spiro atoms. The van der Waals surface area contributed by atoms with Crippen molar-refractivity contribution < 1.29 is 19.6 Å². The van der Waals surface area contributed by atoms with Crippen LogP contribution in [-0.4, -0.2) is 29.3 Å². The second-order valence-corrected chi connectivity index (χ2v) is 4.23. The van der Waals surface area contributed by atoms with E-state index in [2.05, 4.69) is 0 Å². The molecule has 0 saturated carbocycles. The Morgan fingerprint density at radius 2 is 2.29 bits per heavy atom. The number of fused-ring (bicyclic) bond motifs is 1. The molecule has 5 nitrogen and oxygen atoms in total. The molecule has 0 bridgehead atoms. The molecule has 1 heterocycles. The van der Waals surface area contributed by atoms with Crippen LogP contribution in [0.1, 0.15) is 24.0 Å². The summed E-state index contributed by atoms with van der Waals surface area (Å²) in [6.45, 7) is 2.06. The van der Waals surface area contributed by atoms with E-state index in [0.717, 1.165) is 11.1 Å². The number of nitrogens with two attached hydrogens (primary N) is 1. The molecule has 0 amide bonds. The summed E-state index contributed by atoms with van der Waals surface area (Å²) in [5, 5.41) is 18.5. The summed E-state index contributed by atoms with van der Waals surface area (Å²) in [5.74, 6) is -1.36. The van der Waals surface area contributed by atoms with Gasteiger partial charge in [0.2, 0.25) is 0 Å². The first kappa shape index (κ1) is 12.1. The number of carboxylic acids is 1. The monoisotopic (exact) mass is 235 g/mol.